The molecule has 0 saturated carbocycles. The summed E-state index contributed by atoms with van der Waals surface area (Å²) >= 11 is 0. The van der Waals surface area contributed by atoms with Crippen molar-refractivity contribution >= 4 is 11.0 Å². The maximum atomic E-state index is 13.4. The molecule has 0 fully saturated rings. The Morgan fingerprint density at radius 2 is 2.06 bits per heavy atom. The fraction of sp³-hybridized carbons (Fsp3) is 0.429. The summed E-state index contributed by atoms with van der Waals surface area (Å²) in [7, 11) is 0. The third-order valence-electron chi connectivity index (χ3n) is 2.86. The lowest BCUT2D eigenvalue weighted by Crippen LogP contribution is -1.98. The van der Waals surface area contributed by atoms with Crippen molar-refractivity contribution in [2.75, 3.05) is 0 Å². The standard InChI is InChI=1S/C14H17FO2/c1-9(2)6-7-12(16)13-8-10-4-3-5-11(15)14(10)17-13/h3-5,8-9,12,16H,6-7H2,1-2H3. The van der Waals surface area contributed by atoms with Crippen LogP contribution in [0.4, 0.5) is 4.39 Å². The minimum absolute atomic E-state index is 0.228. The second kappa shape index (κ2) is 4.88. The smallest absolute Gasteiger partial charge is 0.170 e. The van der Waals surface area contributed by atoms with Crippen LogP contribution in [0.15, 0.2) is 28.7 Å². The molecule has 0 aliphatic heterocycles. The van der Waals surface area contributed by atoms with Crippen molar-refractivity contribution in [1.29, 1.82) is 0 Å². The van der Waals surface area contributed by atoms with E-state index in [1.54, 1.807) is 18.2 Å². The lowest BCUT2D eigenvalue weighted by atomic mass is 10.0. The molecule has 0 aliphatic carbocycles. The van der Waals surface area contributed by atoms with Crippen molar-refractivity contribution in [1.82, 2.24) is 0 Å². The minimum Gasteiger partial charge on any atom is -0.455 e. The van der Waals surface area contributed by atoms with Crippen LogP contribution in [0.2, 0.25) is 0 Å². The highest BCUT2D eigenvalue weighted by Gasteiger charge is 2.15. The van der Waals surface area contributed by atoms with E-state index in [9.17, 15) is 9.50 Å². The molecule has 1 aromatic carbocycles. The largest absolute Gasteiger partial charge is 0.455 e. The van der Waals surface area contributed by atoms with E-state index in [1.807, 2.05) is 0 Å². The molecule has 0 saturated heterocycles. The van der Waals surface area contributed by atoms with Crippen LogP contribution < -0.4 is 0 Å². The van der Waals surface area contributed by atoms with E-state index in [0.29, 0.717) is 23.5 Å². The van der Waals surface area contributed by atoms with E-state index in [4.69, 9.17) is 4.42 Å². The fourth-order valence-corrected chi connectivity index (χ4v) is 1.85. The predicted molar refractivity (Wildman–Crippen MR) is 65.2 cm³/mol. The Bertz CT molecular complexity index is 502. The molecule has 0 radical (unpaired) electrons. The Hall–Kier alpha value is -1.35. The number of benzene rings is 1. The summed E-state index contributed by atoms with van der Waals surface area (Å²) in [4.78, 5) is 0. The molecule has 1 N–H and O–H groups in total. The number of para-hydroxylation sites is 1. The third-order valence-corrected chi connectivity index (χ3v) is 2.86. The summed E-state index contributed by atoms with van der Waals surface area (Å²) in [5.41, 5.74) is 0.228. The molecule has 0 aliphatic rings. The zero-order valence-corrected chi connectivity index (χ0v) is 10.1. The van der Waals surface area contributed by atoms with E-state index < -0.39 is 6.10 Å². The molecule has 0 bridgehead atoms. The molecular weight excluding hydrogens is 219 g/mol. The average molecular weight is 236 g/mol. The van der Waals surface area contributed by atoms with Crippen LogP contribution in [0.1, 0.15) is 38.6 Å². The highest BCUT2D eigenvalue weighted by molar-refractivity contribution is 5.78. The lowest BCUT2D eigenvalue weighted by molar-refractivity contribution is 0.135. The van der Waals surface area contributed by atoms with Crippen LogP contribution in [0.25, 0.3) is 11.0 Å². The number of rotatable bonds is 4. The number of fused-ring (bicyclic) bond motifs is 1. The first-order valence-corrected chi connectivity index (χ1v) is 5.94. The van der Waals surface area contributed by atoms with Gasteiger partial charge < -0.3 is 9.52 Å². The minimum atomic E-state index is -0.649. The third kappa shape index (κ3) is 2.67. The highest BCUT2D eigenvalue weighted by Crippen LogP contribution is 2.28. The molecule has 1 aromatic heterocycles. The van der Waals surface area contributed by atoms with E-state index >= 15 is 0 Å². The van der Waals surface area contributed by atoms with Gasteiger partial charge in [-0.1, -0.05) is 26.0 Å². The van der Waals surface area contributed by atoms with Crippen LogP contribution in [-0.4, -0.2) is 5.11 Å². The molecule has 0 spiro atoms. The predicted octanol–water partition coefficient (Wildman–Crippen LogP) is 4.04. The number of aliphatic hydroxyl groups excluding tert-OH is 1. The molecule has 3 heteroatoms. The van der Waals surface area contributed by atoms with Gasteiger partial charge in [-0.25, -0.2) is 4.39 Å². The van der Waals surface area contributed by atoms with Gasteiger partial charge in [-0.15, -0.1) is 0 Å². The van der Waals surface area contributed by atoms with Crippen molar-refractivity contribution < 1.29 is 13.9 Å². The van der Waals surface area contributed by atoms with Gasteiger partial charge in [0.15, 0.2) is 11.4 Å². The quantitative estimate of drug-likeness (QED) is 0.869. The molecule has 0 amide bonds. The maximum Gasteiger partial charge on any atom is 0.170 e. The van der Waals surface area contributed by atoms with Crippen LogP contribution in [0.3, 0.4) is 0 Å². The number of halogens is 1. The molecular formula is C14H17FO2. The van der Waals surface area contributed by atoms with E-state index in [0.717, 1.165) is 6.42 Å². The van der Waals surface area contributed by atoms with Crippen molar-refractivity contribution in [2.45, 2.75) is 32.8 Å². The van der Waals surface area contributed by atoms with Crippen LogP contribution >= 0.6 is 0 Å². The second-order valence-corrected chi connectivity index (χ2v) is 4.79. The van der Waals surface area contributed by atoms with Crippen molar-refractivity contribution in [3.8, 4) is 0 Å². The van der Waals surface area contributed by atoms with Crippen molar-refractivity contribution in [3.63, 3.8) is 0 Å². The summed E-state index contributed by atoms with van der Waals surface area (Å²) in [5.74, 6) is 0.598. The Morgan fingerprint density at radius 1 is 1.29 bits per heavy atom. The summed E-state index contributed by atoms with van der Waals surface area (Å²) in [5, 5.41) is 10.6. The molecule has 17 heavy (non-hydrogen) atoms. The first-order valence-electron chi connectivity index (χ1n) is 5.94. The molecule has 2 rings (SSSR count). The number of furan rings is 1. The SMILES string of the molecule is CC(C)CCC(O)c1cc2cccc(F)c2o1. The molecule has 2 nitrogen and oxygen atoms in total. The molecule has 1 heterocycles. The van der Waals surface area contributed by atoms with E-state index in [2.05, 4.69) is 13.8 Å². The highest BCUT2D eigenvalue weighted by atomic mass is 19.1. The summed E-state index contributed by atoms with van der Waals surface area (Å²) < 4.78 is 18.8. The van der Waals surface area contributed by atoms with Crippen LogP contribution in [0.5, 0.6) is 0 Å². The van der Waals surface area contributed by atoms with Gasteiger partial charge in [0.1, 0.15) is 11.9 Å². The summed E-state index contributed by atoms with van der Waals surface area (Å²) in [6.45, 7) is 4.20. The van der Waals surface area contributed by atoms with Gasteiger partial charge in [-0.3, -0.25) is 0 Å². The van der Waals surface area contributed by atoms with Crippen molar-refractivity contribution in [3.05, 3.63) is 35.8 Å². The fourth-order valence-electron chi connectivity index (χ4n) is 1.85. The van der Waals surface area contributed by atoms with Gasteiger partial charge in [-0.2, -0.15) is 0 Å². The zero-order valence-electron chi connectivity index (χ0n) is 10.1. The van der Waals surface area contributed by atoms with Gasteiger partial charge >= 0.3 is 0 Å². The summed E-state index contributed by atoms with van der Waals surface area (Å²) in [6, 6.07) is 6.48. The average Bonchev–Trinajstić information content (AvgIpc) is 2.71. The molecule has 1 atom stereocenters. The van der Waals surface area contributed by atoms with Gasteiger partial charge in [0.2, 0.25) is 0 Å². The molecule has 2 aromatic rings. The normalized spacial score (nSPS) is 13.5. The number of hydrogen-bond donors (Lipinski definition) is 1. The zero-order chi connectivity index (χ0) is 12.4. The van der Waals surface area contributed by atoms with Crippen molar-refractivity contribution in [2.24, 2.45) is 5.92 Å². The topological polar surface area (TPSA) is 33.4 Å². The second-order valence-electron chi connectivity index (χ2n) is 4.79. The first-order chi connectivity index (χ1) is 8.08. The number of aliphatic hydroxyl groups is 1. The maximum absolute atomic E-state index is 13.4. The van der Waals surface area contributed by atoms with Gasteiger partial charge in [0.05, 0.1) is 0 Å². The van der Waals surface area contributed by atoms with Gasteiger partial charge in [-0.05, 0) is 30.9 Å². The Labute approximate surface area is 100 Å². The Kier molecular flexibility index (Phi) is 3.48. The summed E-state index contributed by atoms with van der Waals surface area (Å²) in [6.07, 6.45) is 0.906. The number of hydrogen-bond acceptors (Lipinski definition) is 2. The lowest BCUT2D eigenvalue weighted by Gasteiger charge is -2.08. The molecule has 92 valence electrons. The van der Waals surface area contributed by atoms with Crippen LogP contribution in [0, 0.1) is 11.7 Å². The van der Waals surface area contributed by atoms with Crippen LogP contribution in [-0.2, 0) is 0 Å². The van der Waals surface area contributed by atoms with E-state index in [-0.39, 0.29) is 11.4 Å². The Morgan fingerprint density at radius 3 is 2.71 bits per heavy atom. The van der Waals surface area contributed by atoms with E-state index in [1.165, 1.54) is 6.07 Å². The molecule has 1 unspecified atom stereocenters. The van der Waals surface area contributed by atoms with Gasteiger partial charge in [0, 0.05) is 5.39 Å². The van der Waals surface area contributed by atoms with Gasteiger partial charge in [0.25, 0.3) is 0 Å². The monoisotopic (exact) mass is 236 g/mol. The Balaban J connectivity index is 2.21. The first kappa shape index (κ1) is 12.1.